The van der Waals surface area contributed by atoms with Gasteiger partial charge in [-0.1, -0.05) is 17.7 Å². The first-order valence-corrected chi connectivity index (χ1v) is 9.75. The minimum absolute atomic E-state index is 0.0202. The van der Waals surface area contributed by atoms with Crippen LogP contribution in [0.1, 0.15) is 31.9 Å². The van der Waals surface area contributed by atoms with Crippen molar-refractivity contribution in [3.8, 4) is 0 Å². The standard InChI is InChI=1S/C18H22Cl3FN2O2/c1-11-9-24(6-7-26-11)14(15-12(19)4-3-5-13(15)22)8-23-16(25)17(2)10-18(17,20)21/h3-5,11,14H,6-10H2,1-2H3,(H,23,25)/t11-,14+,17+/m1/s1. The number of ether oxygens (including phenoxy) is 1. The van der Waals surface area contributed by atoms with Crippen molar-refractivity contribution in [1.29, 1.82) is 0 Å². The Kier molecular flexibility index (Phi) is 5.76. The highest BCUT2D eigenvalue weighted by Crippen LogP contribution is 2.63. The third kappa shape index (κ3) is 3.83. The van der Waals surface area contributed by atoms with Gasteiger partial charge in [0.2, 0.25) is 5.91 Å². The topological polar surface area (TPSA) is 41.6 Å². The van der Waals surface area contributed by atoms with E-state index in [9.17, 15) is 9.18 Å². The summed E-state index contributed by atoms with van der Waals surface area (Å²) in [5, 5.41) is 3.23. The van der Waals surface area contributed by atoms with Crippen LogP contribution >= 0.6 is 34.8 Å². The van der Waals surface area contributed by atoms with Crippen molar-refractivity contribution in [2.75, 3.05) is 26.2 Å². The average Bonchev–Trinajstić information content (AvgIpc) is 3.09. The maximum absolute atomic E-state index is 14.5. The maximum atomic E-state index is 14.5. The minimum atomic E-state index is -1.05. The van der Waals surface area contributed by atoms with E-state index in [4.69, 9.17) is 39.5 Å². The number of alkyl halides is 2. The summed E-state index contributed by atoms with van der Waals surface area (Å²) in [6.45, 7) is 5.70. The van der Waals surface area contributed by atoms with E-state index in [0.29, 0.717) is 36.7 Å². The number of morpholine rings is 1. The predicted molar refractivity (Wildman–Crippen MR) is 101 cm³/mol. The summed E-state index contributed by atoms with van der Waals surface area (Å²) in [6.07, 6.45) is 0.418. The van der Waals surface area contributed by atoms with Crippen LogP contribution in [0.25, 0.3) is 0 Å². The van der Waals surface area contributed by atoms with Gasteiger partial charge < -0.3 is 10.1 Å². The Morgan fingerprint density at radius 2 is 2.19 bits per heavy atom. The fraction of sp³-hybridized carbons (Fsp3) is 0.611. The van der Waals surface area contributed by atoms with Gasteiger partial charge in [0.1, 0.15) is 10.2 Å². The Balaban J connectivity index is 1.81. The van der Waals surface area contributed by atoms with Gasteiger partial charge in [0, 0.05) is 30.2 Å². The lowest BCUT2D eigenvalue weighted by Gasteiger charge is -2.38. The van der Waals surface area contributed by atoms with Crippen molar-refractivity contribution in [3.05, 3.63) is 34.6 Å². The Hall–Kier alpha value is -0.590. The molecule has 8 heteroatoms. The molecule has 1 heterocycles. The zero-order chi connectivity index (χ0) is 19.1. The third-order valence-electron chi connectivity index (χ3n) is 5.26. The summed E-state index contributed by atoms with van der Waals surface area (Å²) in [4.78, 5) is 14.6. The van der Waals surface area contributed by atoms with Crippen LogP contribution < -0.4 is 5.32 Å². The van der Waals surface area contributed by atoms with Gasteiger partial charge in [-0.15, -0.1) is 23.2 Å². The molecule has 4 nitrogen and oxygen atoms in total. The molecular formula is C18H22Cl3FN2O2. The normalized spacial score (nSPS) is 29.2. The van der Waals surface area contributed by atoms with Gasteiger partial charge in [-0.2, -0.15) is 0 Å². The van der Waals surface area contributed by atoms with E-state index in [-0.39, 0.29) is 18.6 Å². The molecule has 1 aromatic carbocycles. The largest absolute Gasteiger partial charge is 0.376 e. The lowest BCUT2D eigenvalue weighted by atomic mass is 10.0. The second kappa shape index (κ2) is 7.44. The summed E-state index contributed by atoms with van der Waals surface area (Å²) >= 11 is 18.5. The predicted octanol–water partition coefficient (Wildman–Crippen LogP) is 3.94. The van der Waals surface area contributed by atoms with E-state index in [1.165, 1.54) is 6.07 Å². The smallest absolute Gasteiger partial charge is 0.229 e. The first-order valence-electron chi connectivity index (χ1n) is 8.61. The zero-order valence-corrected chi connectivity index (χ0v) is 17.0. The first kappa shape index (κ1) is 20.2. The fourth-order valence-corrected chi connectivity index (χ4v) is 4.40. The van der Waals surface area contributed by atoms with E-state index in [1.54, 1.807) is 19.1 Å². The molecule has 0 aromatic heterocycles. The Bertz CT molecular complexity index is 683. The Labute approximate surface area is 167 Å². The lowest BCUT2D eigenvalue weighted by molar-refractivity contribution is -0.126. The highest BCUT2D eigenvalue weighted by molar-refractivity contribution is 6.53. The first-order chi connectivity index (χ1) is 12.2. The van der Waals surface area contributed by atoms with Crippen LogP contribution in [0.15, 0.2) is 18.2 Å². The van der Waals surface area contributed by atoms with E-state index in [2.05, 4.69) is 10.2 Å². The summed E-state index contributed by atoms with van der Waals surface area (Å²) in [5.74, 6) is -0.626. The molecule has 144 valence electrons. The van der Waals surface area contributed by atoms with Crippen molar-refractivity contribution in [2.45, 2.75) is 36.7 Å². The van der Waals surface area contributed by atoms with Gasteiger partial charge in [0.15, 0.2) is 0 Å². The second-order valence-electron chi connectivity index (χ2n) is 7.25. The Morgan fingerprint density at radius 1 is 1.50 bits per heavy atom. The highest BCUT2D eigenvalue weighted by Gasteiger charge is 2.67. The fourth-order valence-electron chi connectivity index (χ4n) is 3.40. The molecule has 1 amide bonds. The molecule has 1 aromatic rings. The number of carbonyl (C=O) groups excluding carboxylic acids is 1. The highest BCUT2D eigenvalue weighted by atomic mass is 35.5. The minimum Gasteiger partial charge on any atom is -0.376 e. The monoisotopic (exact) mass is 422 g/mol. The van der Waals surface area contributed by atoms with Gasteiger partial charge in [-0.3, -0.25) is 9.69 Å². The van der Waals surface area contributed by atoms with Crippen LogP contribution in [0, 0.1) is 11.2 Å². The van der Waals surface area contributed by atoms with E-state index in [0.717, 1.165) is 0 Å². The average molecular weight is 424 g/mol. The Morgan fingerprint density at radius 3 is 2.77 bits per heavy atom. The number of nitrogens with zero attached hydrogens (tertiary/aromatic N) is 1. The number of hydrogen-bond acceptors (Lipinski definition) is 3. The molecule has 1 aliphatic carbocycles. The van der Waals surface area contributed by atoms with Gasteiger partial charge in [0.25, 0.3) is 0 Å². The van der Waals surface area contributed by atoms with Crippen LogP contribution in [-0.4, -0.2) is 47.5 Å². The molecule has 0 unspecified atom stereocenters. The van der Waals surface area contributed by atoms with Crippen LogP contribution in [-0.2, 0) is 9.53 Å². The van der Waals surface area contributed by atoms with Gasteiger partial charge in [-0.25, -0.2) is 4.39 Å². The molecule has 1 N–H and O–H groups in total. The second-order valence-corrected chi connectivity index (χ2v) is 9.14. The maximum Gasteiger partial charge on any atom is 0.229 e. The quantitative estimate of drug-likeness (QED) is 0.729. The van der Waals surface area contributed by atoms with Crippen molar-refractivity contribution in [2.24, 2.45) is 5.41 Å². The number of rotatable bonds is 5. The molecule has 0 radical (unpaired) electrons. The number of halogens is 4. The molecule has 1 aliphatic heterocycles. The number of hydrogen-bond donors (Lipinski definition) is 1. The summed E-state index contributed by atoms with van der Waals surface area (Å²) in [6, 6.07) is 4.20. The molecule has 1 saturated heterocycles. The van der Waals surface area contributed by atoms with E-state index >= 15 is 0 Å². The molecule has 0 spiro atoms. The number of carbonyl (C=O) groups is 1. The molecule has 2 aliphatic rings. The molecule has 26 heavy (non-hydrogen) atoms. The van der Waals surface area contributed by atoms with Crippen LogP contribution in [0.4, 0.5) is 4.39 Å². The summed E-state index contributed by atoms with van der Waals surface area (Å²) < 4.78 is 19.1. The van der Waals surface area contributed by atoms with Crippen LogP contribution in [0.3, 0.4) is 0 Å². The third-order valence-corrected chi connectivity index (χ3v) is 6.69. The van der Waals surface area contributed by atoms with Crippen molar-refractivity contribution in [3.63, 3.8) is 0 Å². The van der Waals surface area contributed by atoms with Crippen molar-refractivity contribution >= 4 is 40.7 Å². The van der Waals surface area contributed by atoms with Gasteiger partial charge >= 0.3 is 0 Å². The molecule has 2 fully saturated rings. The summed E-state index contributed by atoms with van der Waals surface area (Å²) in [5.41, 5.74) is -0.439. The van der Waals surface area contributed by atoms with E-state index < -0.39 is 21.6 Å². The van der Waals surface area contributed by atoms with Gasteiger partial charge in [0.05, 0.1) is 24.2 Å². The molecule has 0 bridgehead atoms. The SMILES string of the molecule is C[C@@H]1CN([C@@H](CNC(=O)[C@]2(C)CC2(Cl)Cl)c2c(F)cccc2Cl)CCO1. The van der Waals surface area contributed by atoms with Crippen LogP contribution in [0.5, 0.6) is 0 Å². The molecular weight excluding hydrogens is 402 g/mol. The zero-order valence-electron chi connectivity index (χ0n) is 14.7. The number of benzene rings is 1. The van der Waals surface area contributed by atoms with Crippen LogP contribution in [0.2, 0.25) is 5.02 Å². The molecule has 3 rings (SSSR count). The van der Waals surface area contributed by atoms with E-state index in [1.807, 2.05) is 6.92 Å². The number of nitrogens with one attached hydrogen (secondary N) is 1. The number of amides is 1. The van der Waals surface area contributed by atoms with Crippen molar-refractivity contribution in [1.82, 2.24) is 10.2 Å². The van der Waals surface area contributed by atoms with Gasteiger partial charge in [-0.05, 0) is 32.4 Å². The lowest BCUT2D eigenvalue weighted by Crippen LogP contribution is -2.47. The summed E-state index contributed by atoms with van der Waals surface area (Å²) in [7, 11) is 0. The molecule has 1 saturated carbocycles. The molecule has 3 atom stereocenters. The van der Waals surface area contributed by atoms with Crippen molar-refractivity contribution < 1.29 is 13.9 Å².